The van der Waals surface area contributed by atoms with Gasteiger partial charge in [-0.3, -0.25) is 0 Å². The second kappa shape index (κ2) is 6.57. The third-order valence-corrected chi connectivity index (χ3v) is 3.81. The van der Waals surface area contributed by atoms with Crippen molar-refractivity contribution in [3.05, 3.63) is 53.6 Å². The maximum absolute atomic E-state index is 6.06. The third-order valence-electron chi connectivity index (χ3n) is 2.33. The molecule has 0 radical (unpaired) electrons. The van der Waals surface area contributed by atoms with Gasteiger partial charge in [-0.25, -0.2) is 0 Å². The van der Waals surface area contributed by atoms with Crippen LogP contribution in [0.25, 0.3) is 0 Å². The average molecular weight is 280 g/mol. The summed E-state index contributed by atoms with van der Waals surface area (Å²) in [7, 11) is 0. The Bertz CT molecular complexity index is 501. The predicted molar refractivity (Wildman–Crippen MR) is 78.5 cm³/mol. The van der Waals surface area contributed by atoms with E-state index in [9.17, 15) is 0 Å². The smallest absolute Gasteiger partial charge is 0.119 e. The van der Waals surface area contributed by atoms with E-state index in [1.54, 1.807) is 11.8 Å². The van der Waals surface area contributed by atoms with Crippen LogP contribution >= 0.6 is 23.4 Å². The van der Waals surface area contributed by atoms with Gasteiger partial charge in [0.25, 0.3) is 0 Å². The lowest BCUT2D eigenvalue weighted by atomic mass is 10.3. The number of nitrogens with two attached hydrogens (primary N) is 1. The maximum Gasteiger partial charge on any atom is 0.119 e. The highest BCUT2D eigenvalue weighted by Crippen LogP contribution is 2.26. The highest BCUT2D eigenvalue weighted by Gasteiger charge is 1.99. The zero-order valence-electron chi connectivity index (χ0n) is 9.80. The highest BCUT2D eigenvalue weighted by atomic mass is 35.5. The summed E-state index contributed by atoms with van der Waals surface area (Å²) in [6.45, 7) is 0.639. The number of hydrogen-bond donors (Lipinski definition) is 1. The molecule has 0 aliphatic carbocycles. The van der Waals surface area contributed by atoms with Crippen LogP contribution in [0.1, 0.15) is 0 Å². The van der Waals surface area contributed by atoms with Crippen molar-refractivity contribution >= 4 is 29.1 Å². The fourth-order valence-electron chi connectivity index (χ4n) is 1.44. The summed E-state index contributed by atoms with van der Waals surface area (Å²) < 4.78 is 5.60. The molecule has 0 aliphatic heterocycles. The van der Waals surface area contributed by atoms with E-state index in [0.717, 1.165) is 27.1 Å². The lowest BCUT2D eigenvalue weighted by Gasteiger charge is -2.07. The summed E-state index contributed by atoms with van der Waals surface area (Å²) in [6.07, 6.45) is 0. The van der Waals surface area contributed by atoms with Gasteiger partial charge >= 0.3 is 0 Å². The molecule has 0 spiro atoms. The van der Waals surface area contributed by atoms with Crippen molar-refractivity contribution in [2.24, 2.45) is 0 Å². The van der Waals surface area contributed by atoms with Crippen molar-refractivity contribution in [2.45, 2.75) is 4.90 Å². The zero-order valence-corrected chi connectivity index (χ0v) is 11.4. The molecule has 2 N–H and O–H groups in total. The van der Waals surface area contributed by atoms with Gasteiger partial charge in [0, 0.05) is 16.3 Å². The molecular weight excluding hydrogens is 266 g/mol. The van der Waals surface area contributed by atoms with Gasteiger partial charge in [-0.15, -0.1) is 11.8 Å². The van der Waals surface area contributed by atoms with E-state index >= 15 is 0 Å². The molecule has 0 saturated heterocycles. The molecule has 2 nitrogen and oxygen atoms in total. The van der Waals surface area contributed by atoms with Crippen molar-refractivity contribution in [2.75, 3.05) is 18.1 Å². The lowest BCUT2D eigenvalue weighted by molar-refractivity contribution is 0.344. The second-order valence-electron chi connectivity index (χ2n) is 3.70. The first kappa shape index (κ1) is 13.1. The minimum atomic E-state index is 0.639. The third kappa shape index (κ3) is 3.86. The summed E-state index contributed by atoms with van der Waals surface area (Å²) in [5.41, 5.74) is 6.34. The molecule has 0 saturated carbocycles. The van der Waals surface area contributed by atoms with Crippen LogP contribution in [-0.4, -0.2) is 12.4 Å². The Morgan fingerprint density at radius 3 is 2.50 bits per heavy atom. The van der Waals surface area contributed by atoms with Gasteiger partial charge in [0.05, 0.1) is 11.6 Å². The molecule has 2 rings (SSSR count). The minimum Gasteiger partial charge on any atom is -0.493 e. The summed E-state index contributed by atoms with van der Waals surface area (Å²) in [6, 6.07) is 15.2. The second-order valence-corrected chi connectivity index (χ2v) is 5.24. The van der Waals surface area contributed by atoms with Gasteiger partial charge in [-0.1, -0.05) is 23.7 Å². The topological polar surface area (TPSA) is 35.2 Å². The molecule has 2 aromatic rings. The summed E-state index contributed by atoms with van der Waals surface area (Å²) in [5, 5.41) is 0.787. The van der Waals surface area contributed by atoms with Crippen molar-refractivity contribution in [3.63, 3.8) is 0 Å². The average Bonchev–Trinajstić information content (AvgIpc) is 2.39. The Hall–Kier alpha value is -1.32. The van der Waals surface area contributed by atoms with Crippen LogP contribution in [0.2, 0.25) is 5.02 Å². The number of halogens is 1. The fourth-order valence-corrected chi connectivity index (χ4v) is 2.50. The van der Waals surface area contributed by atoms with Gasteiger partial charge in [0.1, 0.15) is 5.75 Å². The number of benzene rings is 2. The molecule has 0 amide bonds. The molecule has 18 heavy (non-hydrogen) atoms. The summed E-state index contributed by atoms with van der Waals surface area (Å²) in [5.74, 6) is 1.69. The Morgan fingerprint density at radius 1 is 1.06 bits per heavy atom. The maximum atomic E-state index is 6.06. The Morgan fingerprint density at radius 2 is 1.78 bits per heavy atom. The number of ether oxygens (including phenoxy) is 1. The van der Waals surface area contributed by atoms with Crippen molar-refractivity contribution in [1.29, 1.82) is 0 Å². The van der Waals surface area contributed by atoms with E-state index < -0.39 is 0 Å². The van der Waals surface area contributed by atoms with Crippen LogP contribution in [0.4, 0.5) is 5.69 Å². The molecular formula is C14H14ClNOS. The minimum absolute atomic E-state index is 0.639. The number of thioether (sulfide) groups is 1. The van der Waals surface area contributed by atoms with Gasteiger partial charge in [0.15, 0.2) is 0 Å². The van der Waals surface area contributed by atoms with Crippen molar-refractivity contribution < 1.29 is 4.74 Å². The number of rotatable bonds is 5. The van der Waals surface area contributed by atoms with Gasteiger partial charge < -0.3 is 10.5 Å². The van der Waals surface area contributed by atoms with Crippen LogP contribution in [0.5, 0.6) is 5.75 Å². The largest absolute Gasteiger partial charge is 0.493 e. The SMILES string of the molecule is Nc1ccc(OCCSc2ccccc2Cl)cc1. The number of nitrogen functional groups attached to an aromatic ring is 1. The summed E-state index contributed by atoms with van der Waals surface area (Å²) >= 11 is 7.75. The van der Waals surface area contributed by atoms with Crippen LogP contribution in [-0.2, 0) is 0 Å². The zero-order chi connectivity index (χ0) is 12.8. The Balaban J connectivity index is 1.76. The lowest BCUT2D eigenvalue weighted by Crippen LogP contribution is -2.00. The van der Waals surface area contributed by atoms with Crippen LogP contribution in [0, 0.1) is 0 Å². The van der Waals surface area contributed by atoms with E-state index in [1.807, 2.05) is 48.5 Å². The van der Waals surface area contributed by atoms with Gasteiger partial charge in [0.2, 0.25) is 0 Å². The van der Waals surface area contributed by atoms with Gasteiger partial charge in [-0.05, 0) is 36.4 Å². The monoisotopic (exact) mass is 279 g/mol. The molecule has 0 atom stereocenters. The Kier molecular flexibility index (Phi) is 4.79. The first-order valence-corrected chi connectivity index (χ1v) is 6.98. The van der Waals surface area contributed by atoms with E-state index in [0.29, 0.717) is 6.61 Å². The predicted octanol–water partition coefficient (Wildman–Crippen LogP) is 4.09. The molecule has 0 fully saturated rings. The van der Waals surface area contributed by atoms with E-state index in [4.69, 9.17) is 22.1 Å². The molecule has 0 aliphatic rings. The fraction of sp³-hybridized carbons (Fsp3) is 0.143. The first-order valence-electron chi connectivity index (χ1n) is 5.61. The Labute approximate surface area is 116 Å². The number of hydrogen-bond acceptors (Lipinski definition) is 3. The highest BCUT2D eigenvalue weighted by molar-refractivity contribution is 7.99. The molecule has 0 aromatic heterocycles. The molecule has 4 heteroatoms. The van der Waals surface area contributed by atoms with Crippen LogP contribution < -0.4 is 10.5 Å². The van der Waals surface area contributed by atoms with E-state index in [-0.39, 0.29) is 0 Å². The normalized spacial score (nSPS) is 10.3. The molecule has 0 heterocycles. The molecule has 94 valence electrons. The molecule has 2 aromatic carbocycles. The van der Waals surface area contributed by atoms with Crippen molar-refractivity contribution in [1.82, 2.24) is 0 Å². The van der Waals surface area contributed by atoms with Crippen LogP contribution in [0.3, 0.4) is 0 Å². The quantitative estimate of drug-likeness (QED) is 0.509. The standard InChI is InChI=1S/C14H14ClNOS/c15-13-3-1-2-4-14(13)18-10-9-17-12-7-5-11(16)6-8-12/h1-8H,9-10,16H2. The molecule has 0 bridgehead atoms. The number of anilines is 1. The summed E-state index contributed by atoms with van der Waals surface area (Å²) in [4.78, 5) is 1.08. The van der Waals surface area contributed by atoms with E-state index in [2.05, 4.69) is 0 Å². The van der Waals surface area contributed by atoms with Gasteiger partial charge in [-0.2, -0.15) is 0 Å². The van der Waals surface area contributed by atoms with E-state index in [1.165, 1.54) is 0 Å². The van der Waals surface area contributed by atoms with Crippen molar-refractivity contribution in [3.8, 4) is 5.75 Å². The van der Waals surface area contributed by atoms with Crippen LogP contribution in [0.15, 0.2) is 53.4 Å². The first-order chi connectivity index (χ1) is 8.75. The molecule has 0 unspecified atom stereocenters.